The van der Waals surface area contributed by atoms with Crippen molar-refractivity contribution in [2.24, 2.45) is 40.4 Å². The summed E-state index contributed by atoms with van der Waals surface area (Å²) in [5, 5.41) is -0.532. The van der Waals surface area contributed by atoms with Gasteiger partial charge in [-0.3, -0.25) is 4.79 Å². The number of unbranched alkanes of at least 4 members (excludes halogenated alkanes) is 5. The summed E-state index contributed by atoms with van der Waals surface area (Å²) < 4.78 is 5.90. The highest BCUT2D eigenvalue weighted by molar-refractivity contribution is 6.30. The first-order chi connectivity index (χ1) is 16.7. The Morgan fingerprint density at radius 2 is 1.77 bits per heavy atom. The molecule has 0 aliphatic heterocycles. The predicted octanol–water partition coefficient (Wildman–Crippen LogP) is 9.49. The van der Waals surface area contributed by atoms with Crippen molar-refractivity contribution in [2.45, 2.75) is 142 Å². The van der Waals surface area contributed by atoms with E-state index in [1.807, 2.05) is 13.8 Å². The maximum atomic E-state index is 12.5. The molecule has 4 aliphatic carbocycles. The van der Waals surface area contributed by atoms with Gasteiger partial charge in [0.2, 0.25) is 0 Å². The summed E-state index contributed by atoms with van der Waals surface area (Å²) in [6, 6.07) is 0. The SMILES string of the molecule is CCCCCCCC[C@@H]1CC[C@@H]2[C@@H]3CC=C4C[C@@H](OC(=O)[C@H](Cl)C(C)C)CC[C@]4(C)[C@@H]3CC[C@]12C. The number of allylic oxidation sites excluding steroid dienone is 1. The van der Waals surface area contributed by atoms with Crippen LogP contribution in [0.3, 0.4) is 0 Å². The minimum absolute atomic E-state index is 0.0143. The Kier molecular flexibility index (Phi) is 9.04. The van der Waals surface area contributed by atoms with Gasteiger partial charge in [-0.1, -0.05) is 84.8 Å². The molecule has 0 spiro atoms. The van der Waals surface area contributed by atoms with E-state index < -0.39 is 5.38 Å². The second-order valence-electron chi connectivity index (χ2n) is 13.6. The Labute approximate surface area is 221 Å². The minimum Gasteiger partial charge on any atom is -0.461 e. The van der Waals surface area contributed by atoms with E-state index in [9.17, 15) is 4.79 Å². The zero-order chi connectivity index (χ0) is 25.2. The van der Waals surface area contributed by atoms with Crippen molar-refractivity contribution in [3.05, 3.63) is 11.6 Å². The first-order valence-electron chi connectivity index (χ1n) is 15.2. The molecular weight excluding hydrogens is 452 g/mol. The van der Waals surface area contributed by atoms with Gasteiger partial charge in [0.05, 0.1) is 0 Å². The van der Waals surface area contributed by atoms with Crippen LogP contribution in [0.4, 0.5) is 0 Å². The lowest BCUT2D eigenvalue weighted by Gasteiger charge is -2.58. The second kappa shape index (κ2) is 11.5. The first-order valence-corrected chi connectivity index (χ1v) is 15.7. The molecule has 8 atom stereocenters. The van der Waals surface area contributed by atoms with Crippen LogP contribution < -0.4 is 0 Å². The van der Waals surface area contributed by atoms with Crippen molar-refractivity contribution in [1.29, 1.82) is 0 Å². The topological polar surface area (TPSA) is 26.3 Å². The third-order valence-electron chi connectivity index (χ3n) is 11.3. The summed E-state index contributed by atoms with van der Waals surface area (Å²) in [6.07, 6.45) is 22.7. The summed E-state index contributed by atoms with van der Waals surface area (Å²) >= 11 is 6.29. The van der Waals surface area contributed by atoms with Gasteiger partial charge in [0.25, 0.3) is 0 Å². The van der Waals surface area contributed by atoms with Crippen LogP contribution >= 0.6 is 11.6 Å². The number of rotatable bonds is 10. The smallest absolute Gasteiger partial charge is 0.324 e. The van der Waals surface area contributed by atoms with Gasteiger partial charge in [-0.05, 0) is 91.8 Å². The van der Waals surface area contributed by atoms with Crippen LogP contribution in [0.15, 0.2) is 11.6 Å². The lowest BCUT2D eigenvalue weighted by molar-refractivity contribution is -0.151. The van der Waals surface area contributed by atoms with Crippen LogP contribution in [-0.4, -0.2) is 17.5 Å². The van der Waals surface area contributed by atoms with E-state index in [0.717, 1.165) is 42.9 Å². The zero-order valence-corrected chi connectivity index (χ0v) is 24.2. The molecule has 35 heavy (non-hydrogen) atoms. The lowest BCUT2D eigenvalue weighted by atomic mass is 9.47. The van der Waals surface area contributed by atoms with Crippen molar-refractivity contribution in [2.75, 3.05) is 0 Å². The molecule has 0 unspecified atom stereocenters. The molecule has 200 valence electrons. The monoisotopic (exact) mass is 504 g/mol. The number of ether oxygens (including phenoxy) is 1. The van der Waals surface area contributed by atoms with Crippen LogP contribution in [0.5, 0.6) is 0 Å². The molecule has 0 bridgehead atoms. The number of esters is 1. The van der Waals surface area contributed by atoms with E-state index in [1.54, 1.807) is 5.57 Å². The van der Waals surface area contributed by atoms with Crippen molar-refractivity contribution >= 4 is 17.6 Å². The fraction of sp³-hybridized carbons (Fsp3) is 0.906. The molecule has 4 aliphatic rings. The van der Waals surface area contributed by atoms with Gasteiger partial charge in [-0.15, -0.1) is 11.6 Å². The molecule has 0 saturated heterocycles. The lowest BCUT2D eigenvalue weighted by Crippen LogP contribution is -2.50. The van der Waals surface area contributed by atoms with Gasteiger partial charge in [0, 0.05) is 6.42 Å². The fourth-order valence-corrected chi connectivity index (χ4v) is 9.04. The molecule has 0 N–H and O–H groups in total. The highest BCUT2D eigenvalue weighted by Gasteiger charge is 2.58. The average molecular weight is 505 g/mol. The van der Waals surface area contributed by atoms with E-state index in [4.69, 9.17) is 16.3 Å². The normalized spacial score (nSPS) is 39.4. The second-order valence-corrected chi connectivity index (χ2v) is 14.1. The first kappa shape index (κ1) is 27.5. The molecule has 0 heterocycles. The van der Waals surface area contributed by atoms with Crippen molar-refractivity contribution < 1.29 is 9.53 Å². The number of carbonyl (C=O) groups is 1. The van der Waals surface area contributed by atoms with E-state index in [-0.39, 0.29) is 18.0 Å². The van der Waals surface area contributed by atoms with Crippen LogP contribution in [0.1, 0.15) is 131 Å². The minimum atomic E-state index is -0.532. The van der Waals surface area contributed by atoms with E-state index in [0.29, 0.717) is 10.8 Å². The highest BCUT2D eigenvalue weighted by atomic mass is 35.5. The van der Waals surface area contributed by atoms with Gasteiger partial charge in [0.1, 0.15) is 11.5 Å². The fourth-order valence-electron chi connectivity index (χ4n) is 8.98. The summed E-state index contributed by atoms with van der Waals surface area (Å²) in [4.78, 5) is 12.5. The maximum Gasteiger partial charge on any atom is 0.324 e. The van der Waals surface area contributed by atoms with Gasteiger partial charge < -0.3 is 4.74 Å². The largest absolute Gasteiger partial charge is 0.461 e. The van der Waals surface area contributed by atoms with E-state index in [2.05, 4.69) is 26.8 Å². The van der Waals surface area contributed by atoms with Gasteiger partial charge in [0.15, 0.2) is 0 Å². The van der Waals surface area contributed by atoms with Crippen LogP contribution in [-0.2, 0) is 9.53 Å². The number of carbonyl (C=O) groups excluding carboxylic acids is 1. The van der Waals surface area contributed by atoms with Crippen molar-refractivity contribution in [1.82, 2.24) is 0 Å². The Balaban J connectivity index is 1.36. The third-order valence-corrected chi connectivity index (χ3v) is 11.9. The molecule has 4 rings (SSSR count). The maximum absolute atomic E-state index is 12.5. The molecule has 0 amide bonds. The van der Waals surface area contributed by atoms with Crippen LogP contribution in [0, 0.1) is 40.4 Å². The Morgan fingerprint density at radius 3 is 2.51 bits per heavy atom. The standard InChI is InChI=1S/C32H53ClO2/c1-6-7-8-9-10-11-12-23-14-16-27-26-15-13-24-21-25(35-30(34)29(33)22(2)3)17-19-32(24,5)28(26)18-20-31(23,27)4/h13,22-23,25-29H,6-12,14-21H2,1-5H3/t23-,25+,26+,27-,28-,29-,31-,32+/m1/s1. The van der Waals surface area contributed by atoms with Gasteiger partial charge in [-0.2, -0.15) is 0 Å². The van der Waals surface area contributed by atoms with Crippen LogP contribution in [0.2, 0.25) is 0 Å². The molecule has 0 aromatic carbocycles. The van der Waals surface area contributed by atoms with E-state index >= 15 is 0 Å². The summed E-state index contributed by atoms with van der Waals surface area (Å²) in [5.41, 5.74) is 2.47. The molecular formula is C32H53ClO2. The third kappa shape index (κ3) is 5.53. The Morgan fingerprint density at radius 1 is 1.03 bits per heavy atom. The molecule has 3 fully saturated rings. The molecule has 0 aromatic heterocycles. The number of fused-ring (bicyclic) bond motifs is 5. The summed E-state index contributed by atoms with van der Waals surface area (Å²) in [5.74, 6) is 3.45. The Bertz CT molecular complexity index is 759. The number of halogens is 1. The number of hydrogen-bond donors (Lipinski definition) is 0. The highest BCUT2D eigenvalue weighted by Crippen LogP contribution is 2.66. The van der Waals surface area contributed by atoms with Gasteiger partial charge >= 0.3 is 5.97 Å². The molecule has 0 radical (unpaired) electrons. The summed E-state index contributed by atoms with van der Waals surface area (Å²) in [6.45, 7) is 11.5. The number of hydrogen-bond acceptors (Lipinski definition) is 2. The van der Waals surface area contributed by atoms with Gasteiger partial charge in [-0.25, -0.2) is 0 Å². The molecule has 2 nitrogen and oxygen atoms in total. The molecule has 3 saturated carbocycles. The Hall–Kier alpha value is -0.500. The molecule has 0 aromatic rings. The number of alkyl halides is 1. The average Bonchev–Trinajstić information content (AvgIpc) is 3.17. The van der Waals surface area contributed by atoms with Crippen molar-refractivity contribution in [3.63, 3.8) is 0 Å². The predicted molar refractivity (Wildman–Crippen MR) is 148 cm³/mol. The summed E-state index contributed by atoms with van der Waals surface area (Å²) in [7, 11) is 0. The quantitative estimate of drug-likeness (QED) is 0.128. The van der Waals surface area contributed by atoms with E-state index in [1.165, 1.54) is 77.0 Å². The molecule has 3 heteroatoms. The van der Waals surface area contributed by atoms with Crippen molar-refractivity contribution in [3.8, 4) is 0 Å². The zero-order valence-electron chi connectivity index (χ0n) is 23.4. The van der Waals surface area contributed by atoms with Crippen LogP contribution in [0.25, 0.3) is 0 Å².